The Morgan fingerprint density at radius 3 is 1.00 bits per heavy atom. The fourth-order valence-electron chi connectivity index (χ4n) is 0. The summed E-state index contributed by atoms with van der Waals surface area (Å²) in [7, 11) is -4.64. The zero-order valence-electron chi connectivity index (χ0n) is 8.70. The molecule has 0 bridgehead atoms. The minimum absolute atomic E-state index is 0. The number of hydrogen-bond acceptors (Lipinski definition) is 1. The van der Waals surface area contributed by atoms with E-state index in [0.717, 1.165) is 0 Å². The van der Waals surface area contributed by atoms with Gasteiger partial charge in [0.1, 0.15) is 0 Å². The van der Waals surface area contributed by atoms with E-state index in [4.69, 9.17) is 19.2 Å². The molecule has 0 unspecified atom stereocenters. The van der Waals surface area contributed by atoms with Crippen molar-refractivity contribution in [2.75, 3.05) is 0 Å². The molecule has 10 heavy (non-hydrogen) atoms. The van der Waals surface area contributed by atoms with Crippen LogP contribution in [0.15, 0.2) is 0 Å². The fraction of sp³-hybridized carbons (Fsp3) is 0. The van der Waals surface area contributed by atoms with E-state index in [1.165, 1.54) is 0 Å². The van der Waals surface area contributed by atoms with E-state index in [0.29, 0.717) is 0 Å². The number of hydrogen-bond donors (Lipinski definition) is 3. The van der Waals surface area contributed by atoms with Crippen LogP contribution >= 0.6 is 7.82 Å². The molecule has 10 heteroatoms. The van der Waals surface area contributed by atoms with Crippen molar-refractivity contribution in [3.05, 3.63) is 0 Å². The minimum Gasteiger partial charge on any atom is -1.00 e. The van der Waals surface area contributed by atoms with Gasteiger partial charge in [-0.3, -0.25) is 0 Å². The van der Waals surface area contributed by atoms with Crippen LogP contribution in [-0.4, -0.2) is 32.0 Å². The van der Waals surface area contributed by atoms with E-state index in [2.05, 4.69) is 0 Å². The summed E-state index contributed by atoms with van der Waals surface area (Å²) in [4.78, 5) is 21.6. The van der Waals surface area contributed by atoms with E-state index in [-0.39, 0.29) is 99.9 Å². The second-order valence-electron chi connectivity index (χ2n) is 0.513. The monoisotopic (exact) mass is 200 g/mol. The first-order valence-electron chi connectivity index (χ1n) is 0.783. The molecule has 0 spiro atoms. The third-order valence-corrected chi connectivity index (χ3v) is 0. The molecule has 0 rings (SSSR count). The maximum Gasteiger partial charge on any atom is 1.00 e. The molecule has 0 saturated heterocycles. The normalized spacial score (nSPS) is 5.90. The maximum absolute atomic E-state index is 8.88. The molecule has 0 heterocycles. The average molecular weight is 200 g/mol. The Bertz CT molecular complexity index is 76.8. The third-order valence-electron chi connectivity index (χ3n) is 0. The van der Waals surface area contributed by atoms with Crippen molar-refractivity contribution in [3.63, 3.8) is 0 Å². The molecule has 0 aromatic heterocycles. The van der Waals surface area contributed by atoms with Crippen molar-refractivity contribution < 1.29 is 102 Å². The zero-order valence-corrected chi connectivity index (χ0v) is 8.15. The standard InChI is InChI=1S/Al.3Li.H3O4P.Ti.6H/c;;;;1-5(2,3)4;;;;;;;/h;;;;(H3,1,2,3,4);;;;;;;/q;3*+1;;;;;;3*-1. The molecule has 0 aromatic rings. The van der Waals surface area contributed by atoms with Crippen LogP contribution in [-0.2, 0) is 26.3 Å². The van der Waals surface area contributed by atoms with E-state index in [1.54, 1.807) is 0 Å². The smallest absolute Gasteiger partial charge is 1.00 e. The van der Waals surface area contributed by atoms with Crippen LogP contribution < -0.4 is 56.6 Å². The van der Waals surface area contributed by atoms with Gasteiger partial charge in [-0.15, -0.1) is 0 Å². The number of phosphoric acid groups is 1. The Hall–Kier alpha value is 3.15. The zero-order chi connectivity index (χ0) is 4.50. The predicted molar refractivity (Wildman–Crippen MR) is 27.5 cm³/mol. The van der Waals surface area contributed by atoms with Gasteiger partial charge in [0.2, 0.25) is 0 Å². The summed E-state index contributed by atoms with van der Waals surface area (Å²) >= 11 is 0. The van der Waals surface area contributed by atoms with Crippen LogP contribution in [0, 0.1) is 0 Å². The molecule has 0 radical (unpaired) electrons. The molecule has 0 fully saturated rings. The van der Waals surface area contributed by atoms with Gasteiger partial charge in [-0.2, -0.15) is 0 Å². The SMILES string of the molecule is O=P(O)(O)O.[AlH3].[H-].[H-].[H-].[Li+].[Li+].[Li+].[Ti]. The van der Waals surface area contributed by atoms with Gasteiger partial charge in [0.05, 0.1) is 0 Å². The Labute approximate surface area is 126 Å². The molecule has 0 aliphatic carbocycles. The van der Waals surface area contributed by atoms with Gasteiger partial charge in [-0.05, 0) is 0 Å². The number of rotatable bonds is 0. The molecule has 0 amide bonds. The summed E-state index contributed by atoms with van der Waals surface area (Å²) in [5.41, 5.74) is 0. The molecule has 3 N–H and O–H groups in total. The van der Waals surface area contributed by atoms with Gasteiger partial charge in [0, 0.05) is 21.7 Å². The molecule has 0 aliphatic heterocycles. The van der Waals surface area contributed by atoms with Gasteiger partial charge in [-0.1, -0.05) is 0 Å². The van der Waals surface area contributed by atoms with Crippen LogP contribution in [0.4, 0.5) is 0 Å². The van der Waals surface area contributed by atoms with Gasteiger partial charge in [-0.25, -0.2) is 4.57 Å². The van der Waals surface area contributed by atoms with Crippen LogP contribution in [0.5, 0.6) is 0 Å². The Balaban J connectivity index is -0.00000000286. The second kappa shape index (κ2) is 18.0. The Kier molecular flexibility index (Phi) is 68.5. The molecular formula is H9AlLi3O4PTi. The van der Waals surface area contributed by atoms with E-state index < -0.39 is 7.82 Å². The summed E-state index contributed by atoms with van der Waals surface area (Å²) in [6.07, 6.45) is 0. The summed E-state index contributed by atoms with van der Waals surface area (Å²) in [5, 5.41) is 0. The van der Waals surface area contributed by atoms with Crippen LogP contribution in [0.3, 0.4) is 0 Å². The Morgan fingerprint density at radius 2 is 1.00 bits per heavy atom. The van der Waals surface area contributed by atoms with E-state index in [9.17, 15) is 0 Å². The van der Waals surface area contributed by atoms with E-state index in [1.807, 2.05) is 0 Å². The molecular weight excluding hydrogens is 191 g/mol. The third kappa shape index (κ3) is 116. The van der Waals surface area contributed by atoms with Crippen molar-refractivity contribution in [2.45, 2.75) is 0 Å². The van der Waals surface area contributed by atoms with Crippen LogP contribution in [0.2, 0.25) is 0 Å². The average Bonchev–Trinajstić information content (AvgIpc) is 0.722. The molecule has 4 nitrogen and oxygen atoms in total. The molecule has 0 saturated carbocycles. The largest absolute Gasteiger partial charge is 1.00 e. The predicted octanol–water partition coefficient (Wildman–Crippen LogP) is -10.8. The quantitative estimate of drug-likeness (QED) is 0.268. The van der Waals surface area contributed by atoms with Crippen LogP contribution in [0.1, 0.15) is 4.28 Å². The van der Waals surface area contributed by atoms with Crippen molar-refractivity contribution in [2.24, 2.45) is 0 Å². The van der Waals surface area contributed by atoms with Crippen LogP contribution in [0.25, 0.3) is 0 Å². The Morgan fingerprint density at radius 1 is 1.00 bits per heavy atom. The first-order chi connectivity index (χ1) is 2.00. The van der Waals surface area contributed by atoms with Gasteiger partial charge in [0.15, 0.2) is 17.4 Å². The van der Waals surface area contributed by atoms with Gasteiger partial charge >= 0.3 is 64.4 Å². The van der Waals surface area contributed by atoms with Crippen molar-refractivity contribution in [1.29, 1.82) is 0 Å². The van der Waals surface area contributed by atoms with Crippen molar-refractivity contribution in [1.82, 2.24) is 0 Å². The van der Waals surface area contributed by atoms with Crippen molar-refractivity contribution >= 4 is 25.2 Å². The van der Waals surface area contributed by atoms with Gasteiger partial charge < -0.3 is 19.0 Å². The van der Waals surface area contributed by atoms with E-state index >= 15 is 0 Å². The molecule has 48 valence electrons. The first-order valence-corrected chi connectivity index (χ1v) is 2.35. The summed E-state index contributed by atoms with van der Waals surface area (Å²) in [5.74, 6) is 0. The summed E-state index contributed by atoms with van der Waals surface area (Å²) in [6.45, 7) is 0. The second-order valence-corrected chi connectivity index (χ2v) is 1.54. The molecule has 0 atom stereocenters. The molecule has 0 aromatic carbocycles. The summed E-state index contributed by atoms with van der Waals surface area (Å²) < 4.78 is 8.88. The fourth-order valence-corrected chi connectivity index (χ4v) is 0. The first kappa shape index (κ1) is 38.0. The topological polar surface area (TPSA) is 77.8 Å². The molecule has 0 aliphatic rings. The minimum atomic E-state index is -4.64. The van der Waals surface area contributed by atoms with Gasteiger partial charge in [0.25, 0.3) is 0 Å². The maximum atomic E-state index is 8.88. The van der Waals surface area contributed by atoms with Crippen molar-refractivity contribution in [3.8, 4) is 0 Å². The summed E-state index contributed by atoms with van der Waals surface area (Å²) in [6, 6.07) is 0.